The van der Waals surface area contributed by atoms with Gasteiger partial charge in [0.2, 0.25) is 0 Å². The summed E-state index contributed by atoms with van der Waals surface area (Å²) < 4.78 is 0. The van der Waals surface area contributed by atoms with Gasteiger partial charge in [-0.2, -0.15) is 0 Å². The van der Waals surface area contributed by atoms with Gasteiger partial charge in [-0.15, -0.1) is 0 Å². The van der Waals surface area contributed by atoms with E-state index in [1.54, 1.807) is 0 Å². The first-order valence-corrected chi connectivity index (χ1v) is 2.45. The van der Waals surface area contributed by atoms with Crippen LogP contribution in [0.3, 0.4) is 0 Å². The molecule has 0 rings (SSSR count). The molecule has 0 aromatic heterocycles. The Balaban J connectivity index is -0.00000000800. The van der Waals surface area contributed by atoms with Crippen molar-refractivity contribution < 1.29 is 225 Å². The van der Waals surface area contributed by atoms with E-state index in [9.17, 15) is 0 Å². The fraction of sp³-hybridized carbons (Fsp3) is 1.00. The summed E-state index contributed by atoms with van der Waals surface area (Å²) in [4.78, 5) is 34.3. The van der Waals surface area contributed by atoms with E-state index >= 15 is 0 Å². The molecule has 0 heterocycles. The van der Waals surface area contributed by atoms with E-state index in [0.717, 1.165) is 0 Å². The van der Waals surface area contributed by atoms with Gasteiger partial charge in [0, 0.05) is 0 Å². The zero-order chi connectivity index (χ0) is 4.50. The van der Waals surface area contributed by atoms with Crippen molar-refractivity contribution in [2.45, 2.75) is 7.43 Å². The van der Waals surface area contributed by atoms with E-state index < -0.39 is 9.05 Å². The first kappa shape index (κ1) is 36.0. The molecule has 40 valence electrons. The minimum Gasteiger partial charge on any atom is -0.894 e. The molecule has 10 heavy (non-hydrogen) atoms. The molecule has 0 fully saturated rings. The van der Waals surface area contributed by atoms with Gasteiger partial charge >= 0.3 is 206 Å². The quantitative estimate of drug-likeness (QED) is 0.406. The molecule has 0 aliphatic carbocycles. The second-order valence-corrected chi connectivity index (χ2v) is 1.50. The Hall–Kier alpha value is 6.60. The van der Waals surface area contributed by atoms with Crippen LogP contribution in [0.5, 0.6) is 0 Å². The smallest absolute Gasteiger partial charge is 0.894 e. The Labute approximate surface area is 232 Å². The van der Waals surface area contributed by atoms with Crippen molar-refractivity contribution in [1.29, 1.82) is 0 Å². The zero-order valence-corrected chi connectivity index (χ0v) is 19.6. The molecule has 9 heteroatoms. The molecule has 0 atom stereocenters. The first-order valence-electron chi connectivity index (χ1n) is 0.816. The van der Waals surface area contributed by atoms with E-state index in [1.807, 2.05) is 0 Å². The molecule has 0 unspecified atom stereocenters. The monoisotopic (exact) mass is 264 g/mol. The van der Waals surface area contributed by atoms with Crippen LogP contribution in [0, 0.1) is 0 Å². The largest absolute Gasteiger partial charge is 1.00 e. The van der Waals surface area contributed by atoms with Crippen LogP contribution in [0.4, 0.5) is 0 Å². The number of hydrogen-bond donors (Lipinski definition) is 0. The number of rotatable bonds is 0. The molecular weight excluding hydrogens is 260 g/mol. The molecule has 0 aliphatic heterocycles. The van der Waals surface area contributed by atoms with Crippen LogP contribution in [0.15, 0.2) is 0 Å². The Morgan fingerprint density at radius 3 is 0.600 bits per heavy atom. The molecule has 0 amide bonds. The van der Waals surface area contributed by atoms with Crippen LogP contribution in [0.25, 0.3) is 0 Å². The normalized spacial score (nSPS) is 6.00. The second-order valence-electron chi connectivity index (χ2n) is 0.500. The van der Waals surface area contributed by atoms with Gasteiger partial charge in [-0.3, -0.25) is 0 Å². The molecule has 0 radical (unpaired) electrons. The van der Waals surface area contributed by atoms with Gasteiger partial charge < -0.3 is 28.2 Å². The summed E-state index contributed by atoms with van der Waals surface area (Å²) in [6.07, 6.45) is 0. The van der Waals surface area contributed by atoms with E-state index in [4.69, 9.17) is 19.2 Å². The molecular formula is CH4K4O4Si. The van der Waals surface area contributed by atoms with E-state index in [2.05, 4.69) is 0 Å². The maximum absolute atomic E-state index is 8.58. The summed E-state index contributed by atoms with van der Waals surface area (Å²) in [5.41, 5.74) is 0. The van der Waals surface area contributed by atoms with Crippen LogP contribution in [-0.4, -0.2) is 9.05 Å². The summed E-state index contributed by atoms with van der Waals surface area (Å²) in [5, 5.41) is 0. The van der Waals surface area contributed by atoms with Crippen molar-refractivity contribution in [2.75, 3.05) is 0 Å². The molecule has 0 saturated carbocycles. The molecule has 0 aliphatic rings. The van der Waals surface area contributed by atoms with E-state index in [0.29, 0.717) is 0 Å². The Kier molecular flexibility index (Phi) is 75.3. The third-order valence-electron chi connectivity index (χ3n) is 0. The van der Waals surface area contributed by atoms with Crippen LogP contribution in [-0.2, 0) is 0 Å². The van der Waals surface area contributed by atoms with Crippen molar-refractivity contribution in [2.24, 2.45) is 0 Å². The minimum absolute atomic E-state index is 0. The van der Waals surface area contributed by atoms with Crippen molar-refractivity contribution in [1.82, 2.24) is 0 Å². The average molecular weight is 265 g/mol. The Bertz CT molecular complexity index is 32.7. The van der Waals surface area contributed by atoms with Crippen LogP contribution < -0.4 is 225 Å². The van der Waals surface area contributed by atoms with Crippen LogP contribution in [0.1, 0.15) is 7.43 Å². The Morgan fingerprint density at radius 1 is 0.600 bits per heavy atom. The van der Waals surface area contributed by atoms with Crippen molar-refractivity contribution in [3.8, 4) is 0 Å². The van der Waals surface area contributed by atoms with Gasteiger partial charge in [0.25, 0.3) is 0 Å². The molecule has 0 spiro atoms. The van der Waals surface area contributed by atoms with Gasteiger partial charge in [0.1, 0.15) is 0 Å². The fourth-order valence-corrected chi connectivity index (χ4v) is 0. The molecule has 0 N–H and O–H groups in total. The third-order valence-corrected chi connectivity index (χ3v) is 0. The number of hydrogen-bond acceptors (Lipinski definition) is 4. The van der Waals surface area contributed by atoms with Gasteiger partial charge in [0.15, 0.2) is 0 Å². The Morgan fingerprint density at radius 2 is 0.600 bits per heavy atom. The zero-order valence-electron chi connectivity index (χ0n) is 6.13. The second kappa shape index (κ2) is 20.9. The van der Waals surface area contributed by atoms with Crippen LogP contribution >= 0.6 is 0 Å². The van der Waals surface area contributed by atoms with Gasteiger partial charge in [-0.05, 0) is 0 Å². The third kappa shape index (κ3) is 62.0. The predicted octanol–water partition coefficient (Wildman–Crippen LogP) is -16.5. The molecule has 0 bridgehead atoms. The van der Waals surface area contributed by atoms with E-state index in [1.165, 1.54) is 0 Å². The van der Waals surface area contributed by atoms with Crippen LogP contribution in [0.2, 0.25) is 0 Å². The summed E-state index contributed by atoms with van der Waals surface area (Å²) in [6.45, 7) is 0. The van der Waals surface area contributed by atoms with Gasteiger partial charge in [-0.1, -0.05) is 7.43 Å². The van der Waals surface area contributed by atoms with Crippen molar-refractivity contribution in [3.05, 3.63) is 0 Å². The first-order chi connectivity index (χ1) is 2.00. The average Bonchev–Trinajstić information content (AvgIpc) is 0.722. The summed E-state index contributed by atoms with van der Waals surface area (Å²) in [7, 11) is -5.61. The van der Waals surface area contributed by atoms with Gasteiger partial charge in [0.05, 0.1) is 0 Å². The maximum Gasteiger partial charge on any atom is 1.00 e. The fourth-order valence-electron chi connectivity index (χ4n) is 0. The molecule has 4 nitrogen and oxygen atoms in total. The standard InChI is InChI=1S/CH4.4K.O4Si/c;;;;;1-5(2,3)4/h1H4;;;;;/q;4*+1;-4. The summed E-state index contributed by atoms with van der Waals surface area (Å²) >= 11 is 0. The minimum atomic E-state index is -5.61. The summed E-state index contributed by atoms with van der Waals surface area (Å²) in [6, 6.07) is 0. The van der Waals surface area contributed by atoms with Gasteiger partial charge in [-0.25, -0.2) is 0 Å². The maximum atomic E-state index is 8.58. The molecule has 0 saturated heterocycles. The summed E-state index contributed by atoms with van der Waals surface area (Å²) in [5.74, 6) is 0. The van der Waals surface area contributed by atoms with Crippen molar-refractivity contribution in [3.63, 3.8) is 0 Å². The SMILES string of the molecule is C.[K+].[K+].[K+].[K+].[O-][Si]([O-])([O-])[O-]. The topological polar surface area (TPSA) is 92.2 Å². The molecule has 0 aromatic rings. The predicted molar refractivity (Wildman–Crippen MR) is 12.5 cm³/mol. The molecule has 0 aromatic carbocycles. The van der Waals surface area contributed by atoms with Crippen molar-refractivity contribution >= 4 is 9.05 Å². The van der Waals surface area contributed by atoms with E-state index in [-0.39, 0.29) is 213 Å².